The van der Waals surface area contributed by atoms with E-state index in [9.17, 15) is 0 Å². The predicted octanol–water partition coefficient (Wildman–Crippen LogP) is 2.22. The van der Waals surface area contributed by atoms with Crippen LogP contribution < -0.4 is 14.2 Å². The van der Waals surface area contributed by atoms with Gasteiger partial charge in [-0.3, -0.25) is 0 Å². The van der Waals surface area contributed by atoms with E-state index in [-0.39, 0.29) is 11.3 Å². The molecule has 0 bridgehead atoms. The van der Waals surface area contributed by atoms with E-state index in [2.05, 4.69) is 15.0 Å². The Balaban J connectivity index is 2.61. The fourth-order valence-electron chi connectivity index (χ4n) is 1.61. The molecule has 0 aliphatic heterocycles. The van der Waals surface area contributed by atoms with E-state index in [4.69, 9.17) is 25.8 Å². The van der Waals surface area contributed by atoms with Gasteiger partial charge in [-0.25, -0.2) is 0 Å². The van der Waals surface area contributed by atoms with Crippen molar-refractivity contribution in [3.05, 3.63) is 23.5 Å². The Morgan fingerprint density at radius 1 is 0.947 bits per heavy atom. The smallest absolute Gasteiger partial charge is 0.321 e. The summed E-state index contributed by atoms with van der Waals surface area (Å²) in [6.07, 6.45) is 0. The molecular formula is C12H12ClN3O3. The van der Waals surface area contributed by atoms with Crippen molar-refractivity contribution in [3.8, 4) is 28.9 Å². The van der Waals surface area contributed by atoms with Crippen LogP contribution in [0.2, 0.25) is 5.28 Å². The first-order valence-electron chi connectivity index (χ1n) is 5.36. The molecule has 0 aliphatic carbocycles. The number of rotatable bonds is 4. The van der Waals surface area contributed by atoms with Crippen LogP contribution in [0.4, 0.5) is 0 Å². The molecular weight excluding hydrogens is 270 g/mol. The largest absolute Gasteiger partial charge is 0.493 e. The van der Waals surface area contributed by atoms with Crippen LogP contribution in [0.5, 0.6) is 17.5 Å². The molecule has 0 N–H and O–H groups in total. The molecule has 0 fully saturated rings. The number of methoxy groups -OCH3 is 3. The number of nitrogens with zero attached hydrogens (tertiary/aromatic N) is 3. The number of halogens is 1. The minimum Gasteiger partial charge on any atom is -0.493 e. The predicted molar refractivity (Wildman–Crippen MR) is 69.9 cm³/mol. The summed E-state index contributed by atoms with van der Waals surface area (Å²) in [5.41, 5.74) is 0.643. The molecule has 0 unspecified atom stereocenters. The van der Waals surface area contributed by atoms with E-state index < -0.39 is 0 Å². The molecule has 1 aromatic carbocycles. The number of hydrogen-bond acceptors (Lipinski definition) is 6. The van der Waals surface area contributed by atoms with Gasteiger partial charge in [0, 0.05) is 0 Å². The molecule has 0 saturated heterocycles. The highest BCUT2D eigenvalue weighted by Crippen LogP contribution is 2.36. The summed E-state index contributed by atoms with van der Waals surface area (Å²) in [5.74, 6) is 1.46. The lowest BCUT2D eigenvalue weighted by atomic mass is 10.1. The zero-order chi connectivity index (χ0) is 13.8. The van der Waals surface area contributed by atoms with E-state index in [1.807, 2.05) is 0 Å². The summed E-state index contributed by atoms with van der Waals surface area (Å²) in [7, 11) is 4.56. The average Bonchev–Trinajstić information content (AvgIpc) is 2.45. The van der Waals surface area contributed by atoms with Gasteiger partial charge < -0.3 is 14.2 Å². The lowest BCUT2D eigenvalue weighted by Gasteiger charge is -2.11. The molecule has 0 aliphatic rings. The van der Waals surface area contributed by atoms with Crippen LogP contribution in [0.25, 0.3) is 11.4 Å². The lowest BCUT2D eigenvalue weighted by molar-refractivity contribution is 0.355. The topological polar surface area (TPSA) is 66.4 Å². The van der Waals surface area contributed by atoms with Gasteiger partial charge in [0.25, 0.3) is 0 Å². The monoisotopic (exact) mass is 281 g/mol. The van der Waals surface area contributed by atoms with Gasteiger partial charge in [-0.1, -0.05) is 6.07 Å². The fraction of sp³-hybridized carbons (Fsp3) is 0.250. The zero-order valence-electron chi connectivity index (χ0n) is 10.7. The van der Waals surface area contributed by atoms with Gasteiger partial charge in [0.1, 0.15) is 0 Å². The molecule has 2 rings (SSSR count). The van der Waals surface area contributed by atoms with Crippen LogP contribution in [0.1, 0.15) is 0 Å². The first kappa shape index (κ1) is 13.4. The summed E-state index contributed by atoms with van der Waals surface area (Å²) in [5, 5.41) is 0.0479. The molecule has 100 valence electrons. The second-order valence-corrected chi connectivity index (χ2v) is 3.79. The van der Waals surface area contributed by atoms with Gasteiger partial charge in [0.15, 0.2) is 17.3 Å². The van der Waals surface area contributed by atoms with E-state index in [0.717, 1.165) is 0 Å². The molecule has 0 atom stereocenters. The van der Waals surface area contributed by atoms with Gasteiger partial charge in [-0.15, -0.1) is 0 Å². The third-order valence-corrected chi connectivity index (χ3v) is 2.58. The molecule has 19 heavy (non-hydrogen) atoms. The normalized spacial score (nSPS) is 10.1. The van der Waals surface area contributed by atoms with Gasteiger partial charge in [-0.05, 0) is 23.7 Å². The SMILES string of the molecule is COc1nc(Cl)nc(-c2cccc(OC)c2OC)n1. The van der Waals surface area contributed by atoms with E-state index in [1.165, 1.54) is 7.11 Å². The minimum absolute atomic E-state index is 0.0479. The summed E-state index contributed by atoms with van der Waals surface area (Å²) in [4.78, 5) is 12.0. The Kier molecular flexibility index (Phi) is 4.01. The average molecular weight is 282 g/mol. The molecule has 0 radical (unpaired) electrons. The highest BCUT2D eigenvalue weighted by molar-refractivity contribution is 6.28. The highest BCUT2D eigenvalue weighted by atomic mass is 35.5. The standard InChI is InChI=1S/C12H12ClN3O3/c1-17-8-6-4-5-7(9(8)18-2)10-14-11(13)16-12(15-10)19-3/h4-6H,1-3H3. The van der Waals surface area contributed by atoms with Crippen molar-refractivity contribution >= 4 is 11.6 Å². The Labute approximate surface area is 115 Å². The number of benzene rings is 1. The van der Waals surface area contributed by atoms with Crippen LogP contribution in [-0.2, 0) is 0 Å². The molecule has 2 aromatic rings. The van der Waals surface area contributed by atoms with Crippen molar-refractivity contribution in [1.82, 2.24) is 15.0 Å². The van der Waals surface area contributed by atoms with Crippen molar-refractivity contribution in [1.29, 1.82) is 0 Å². The van der Waals surface area contributed by atoms with Crippen LogP contribution in [0, 0.1) is 0 Å². The number of aromatic nitrogens is 3. The van der Waals surface area contributed by atoms with E-state index >= 15 is 0 Å². The van der Waals surface area contributed by atoms with Gasteiger partial charge >= 0.3 is 6.01 Å². The van der Waals surface area contributed by atoms with Crippen molar-refractivity contribution < 1.29 is 14.2 Å². The summed E-state index contributed by atoms with van der Waals surface area (Å²) in [6.45, 7) is 0. The first-order valence-corrected chi connectivity index (χ1v) is 5.74. The van der Waals surface area contributed by atoms with E-state index in [1.54, 1.807) is 32.4 Å². The van der Waals surface area contributed by atoms with Gasteiger partial charge in [-0.2, -0.15) is 15.0 Å². The first-order chi connectivity index (χ1) is 9.19. The third kappa shape index (κ3) is 2.68. The molecule has 0 spiro atoms. The van der Waals surface area contributed by atoms with Crippen LogP contribution in [-0.4, -0.2) is 36.3 Å². The molecule has 1 aromatic heterocycles. The summed E-state index contributed by atoms with van der Waals surface area (Å²) in [6, 6.07) is 5.52. The lowest BCUT2D eigenvalue weighted by Crippen LogP contribution is -2.00. The Bertz CT molecular complexity index is 592. The third-order valence-electron chi connectivity index (χ3n) is 2.41. The maximum absolute atomic E-state index is 5.83. The number of para-hydroxylation sites is 1. The zero-order valence-corrected chi connectivity index (χ0v) is 11.4. The molecule has 0 amide bonds. The molecule has 0 saturated carbocycles. The molecule has 7 heteroatoms. The quantitative estimate of drug-likeness (QED) is 0.856. The van der Waals surface area contributed by atoms with Crippen LogP contribution >= 0.6 is 11.6 Å². The van der Waals surface area contributed by atoms with Gasteiger partial charge in [0.2, 0.25) is 5.28 Å². The maximum atomic E-state index is 5.83. The van der Waals surface area contributed by atoms with Crippen molar-refractivity contribution in [2.45, 2.75) is 0 Å². The van der Waals surface area contributed by atoms with Crippen molar-refractivity contribution in [2.24, 2.45) is 0 Å². The second-order valence-electron chi connectivity index (χ2n) is 3.46. The molecule has 1 heterocycles. The van der Waals surface area contributed by atoms with Crippen LogP contribution in [0.15, 0.2) is 18.2 Å². The fourth-order valence-corrected chi connectivity index (χ4v) is 1.76. The maximum Gasteiger partial charge on any atom is 0.321 e. The minimum atomic E-state index is 0.0479. The second kappa shape index (κ2) is 5.71. The summed E-state index contributed by atoms with van der Waals surface area (Å²) < 4.78 is 15.5. The number of ether oxygens (including phenoxy) is 3. The Morgan fingerprint density at radius 2 is 1.74 bits per heavy atom. The Hall–Kier alpha value is -2.08. The summed E-state index contributed by atoms with van der Waals surface area (Å²) >= 11 is 5.83. The Morgan fingerprint density at radius 3 is 2.37 bits per heavy atom. The number of hydrogen-bond donors (Lipinski definition) is 0. The van der Waals surface area contributed by atoms with Crippen LogP contribution in [0.3, 0.4) is 0 Å². The molecule has 6 nitrogen and oxygen atoms in total. The van der Waals surface area contributed by atoms with Crippen molar-refractivity contribution in [2.75, 3.05) is 21.3 Å². The van der Waals surface area contributed by atoms with Crippen molar-refractivity contribution in [3.63, 3.8) is 0 Å². The van der Waals surface area contributed by atoms with E-state index in [0.29, 0.717) is 22.9 Å². The highest BCUT2D eigenvalue weighted by Gasteiger charge is 2.15. The van der Waals surface area contributed by atoms with Gasteiger partial charge in [0.05, 0.1) is 26.9 Å².